The van der Waals surface area contributed by atoms with Gasteiger partial charge in [-0.2, -0.15) is 0 Å². The van der Waals surface area contributed by atoms with E-state index in [1.807, 2.05) is 0 Å². The van der Waals surface area contributed by atoms with Crippen LogP contribution in [0.5, 0.6) is 0 Å². The first-order chi connectivity index (χ1) is 10.3. The fourth-order valence-corrected chi connectivity index (χ4v) is 3.92. The maximum atomic E-state index is 6.04. The Kier molecular flexibility index (Phi) is 4.98. The van der Waals surface area contributed by atoms with Gasteiger partial charge < -0.3 is 11.1 Å². The van der Waals surface area contributed by atoms with Crippen LogP contribution in [-0.2, 0) is 0 Å². The van der Waals surface area contributed by atoms with Crippen LogP contribution in [0.1, 0.15) is 19.8 Å². The number of nitrogens with one attached hydrogen (secondary N) is 1. The molecule has 2 bridgehead atoms. The van der Waals surface area contributed by atoms with Gasteiger partial charge in [-0.3, -0.25) is 19.7 Å². The molecule has 0 spiro atoms. The van der Waals surface area contributed by atoms with E-state index >= 15 is 0 Å². The lowest BCUT2D eigenvalue weighted by Gasteiger charge is -2.47. The molecule has 4 aliphatic rings. The first-order valence-electron chi connectivity index (χ1n) is 8.50. The second-order valence-electron chi connectivity index (χ2n) is 6.52. The third-order valence-electron chi connectivity index (χ3n) is 5.29. The molecule has 4 rings (SSSR count). The number of likely N-dealkylation sites (tertiary alicyclic amines) is 1. The Morgan fingerprint density at radius 2 is 2.00 bits per heavy atom. The third-order valence-corrected chi connectivity index (χ3v) is 5.29. The summed E-state index contributed by atoms with van der Waals surface area (Å²) in [6.45, 7) is 12.4. The topological polar surface area (TPSA) is 60.1 Å². The molecular formula is C15H30N6. The van der Waals surface area contributed by atoms with Gasteiger partial charge in [0, 0.05) is 51.4 Å². The summed E-state index contributed by atoms with van der Waals surface area (Å²) < 4.78 is 0. The lowest BCUT2D eigenvalue weighted by atomic mass is 10.1. The Morgan fingerprint density at radius 3 is 2.67 bits per heavy atom. The monoisotopic (exact) mass is 294 g/mol. The van der Waals surface area contributed by atoms with E-state index in [1.54, 1.807) is 0 Å². The minimum absolute atomic E-state index is 0.562. The van der Waals surface area contributed by atoms with Crippen molar-refractivity contribution < 1.29 is 0 Å². The molecule has 0 aromatic heterocycles. The molecule has 2 atom stereocenters. The predicted octanol–water partition coefficient (Wildman–Crippen LogP) is -0.625. The van der Waals surface area contributed by atoms with Crippen molar-refractivity contribution in [2.24, 2.45) is 10.7 Å². The van der Waals surface area contributed by atoms with Gasteiger partial charge in [0.25, 0.3) is 0 Å². The second-order valence-corrected chi connectivity index (χ2v) is 6.52. The molecule has 4 fully saturated rings. The number of guanidine groups is 1. The van der Waals surface area contributed by atoms with E-state index in [0.717, 1.165) is 26.2 Å². The molecule has 0 aromatic rings. The number of piperazine rings is 3. The fraction of sp³-hybridized carbons (Fsp3) is 0.933. The van der Waals surface area contributed by atoms with Crippen molar-refractivity contribution in [3.05, 3.63) is 0 Å². The van der Waals surface area contributed by atoms with Crippen molar-refractivity contribution in [1.82, 2.24) is 20.0 Å². The van der Waals surface area contributed by atoms with Crippen LogP contribution in [-0.4, -0.2) is 91.6 Å². The van der Waals surface area contributed by atoms with Crippen molar-refractivity contribution >= 4 is 5.96 Å². The first kappa shape index (κ1) is 15.1. The molecule has 0 saturated carbocycles. The van der Waals surface area contributed by atoms with E-state index in [4.69, 9.17) is 5.73 Å². The zero-order valence-electron chi connectivity index (χ0n) is 13.3. The summed E-state index contributed by atoms with van der Waals surface area (Å²) in [5.41, 5.74) is 6.04. The highest BCUT2D eigenvalue weighted by Gasteiger charge is 2.31. The SMILES string of the molecule is CCN1CCCC1CNC(N)=NCC1CN2CCN1CC2. The van der Waals surface area contributed by atoms with Gasteiger partial charge in [0.2, 0.25) is 0 Å². The standard InChI is InChI=1S/C15H30N6/c1-2-20-5-3-4-13(20)10-17-15(16)18-11-14-12-19-6-8-21(14)9-7-19/h13-14H,2-12H2,1H3,(H3,16,17,18). The van der Waals surface area contributed by atoms with Crippen LogP contribution in [0.25, 0.3) is 0 Å². The molecule has 3 N–H and O–H groups in total. The molecule has 4 saturated heterocycles. The van der Waals surface area contributed by atoms with Crippen LogP contribution >= 0.6 is 0 Å². The zero-order valence-corrected chi connectivity index (χ0v) is 13.3. The molecular weight excluding hydrogens is 264 g/mol. The number of nitrogens with zero attached hydrogens (tertiary/aromatic N) is 4. The molecule has 120 valence electrons. The van der Waals surface area contributed by atoms with Crippen LogP contribution in [0.3, 0.4) is 0 Å². The molecule has 6 heteroatoms. The Balaban J connectivity index is 1.41. The van der Waals surface area contributed by atoms with E-state index in [2.05, 4.69) is 31.9 Å². The van der Waals surface area contributed by atoms with Crippen LogP contribution in [0, 0.1) is 0 Å². The van der Waals surface area contributed by atoms with Gasteiger partial charge in [-0.15, -0.1) is 0 Å². The maximum Gasteiger partial charge on any atom is 0.188 e. The van der Waals surface area contributed by atoms with Gasteiger partial charge >= 0.3 is 0 Å². The number of hydrogen-bond acceptors (Lipinski definition) is 4. The number of rotatable bonds is 5. The van der Waals surface area contributed by atoms with Crippen molar-refractivity contribution in [2.45, 2.75) is 31.8 Å². The molecule has 4 aliphatic heterocycles. The molecule has 0 amide bonds. The number of aliphatic imine (C=N–C) groups is 1. The Morgan fingerprint density at radius 1 is 1.19 bits per heavy atom. The summed E-state index contributed by atoms with van der Waals surface area (Å²) in [6.07, 6.45) is 2.59. The summed E-state index contributed by atoms with van der Waals surface area (Å²) >= 11 is 0. The lowest BCUT2D eigenvalue weighted by Crippen LogP contribution is -2.62. The van der Waals surface area contributed by atoms with Gasteiger partial charge in [0.05, 0.1) is 6.54 Å². The van der Waals surface area contributed by atoms with E-state index in [0.29, 0.717) is 18.0 Å². The highest BCUT2D eigenvalue weighted by atomic mass is 15.3. The maximum absolute atomic E-state index is 6.04. The van der Waals surface area contributed by atoms with Gasteiger partial charge in [-0.25, -0.2) is 0 Å². The molecule has 2 unspecified atom stereocenters. The van der Waals surface area contributed by atoms with Crippen LogP contribution in [0.15, 0.2) is 4.99 Å². The summed E-state index contributed by atoms with van der Waals surface area (Å²) in [4.78, 5) is 12.2. The van der Waals surface area contributed by atoms with Gasteiger partial charge in [0.15, 0.2) is 5.96 Å². The van der Waals surface area contributed by atoms with Crippen LogP contribution < -0.4 is 11.1 Å². The summed E-state index contributed by atoms with van der Waals surface area (Å²) in [6, 6.07) is 1.19. The number of fused-ring (bicyclic) bond motifs is 3. The van der Waals surface area contributed by atoms with E-state index in [1.165, 1.54) is 45.6 Å². The van der Waals surface area contributed by atoms with Crippen molar-refractivity contribution in [1.29, 1.82) is 0 Å². The molecule has 6 nitrogen and oxygen atoms in total. The smallest absolute Gasteiger partial charge is 0.188 e. The minimum Gasteiger partial charge on any atom is -0.370 e. The van der Waals surface area contributed by atoms with Gasteiger partial charge in [0.1, 0.15) is 0 Å². The average Bonchev–Trinajstić information content (AvgIpc) is 2.99. The lowest BCUT2D eigenvalue weighted by molar-refractivity contribution is 0.0174. The Labute approximate surface area is 128 Å². The van der Waals surface area contributed by atoms with E-state index in [-0.39, 0.29) is 0 Å². The molecule has 0 radical (unpaired) electrons. The van der Waals surface area contributed by atoms with Crippen molar-refractivity contribution in [3.8, 4) is 0 Å². The summed E-state index contributed by atoms with van der Waals surface area (Å²) in [5.74, 6) is 0.621. The quantitative estimate of drug-likeness (QED) is 0.522. The summed E-state index contributed by atoms with van der Waals surface area (Å²) in [7, 11) is 0. The molecule has 4 heterocycles. The first-order valence-corrected chi connectivity index (χ1v) is 8.50. The largest absolute Gasteiger partial charge is 0.370 e. The second kappa shape index (κ2) is 6.94. The van der Waals surface area contributed by atoms with E-state index in [9.17, 15) is 0 Å². The molecule has 21 heavy (non-hydrogen) atoms. The predicted molar refractivity (Wildman–Crippen MR) is 86.6 cm³/mol. The van der Waals surface area contributed by atoms with Crippen molar-refractivity contribution in [2.75, 3.05) is 58.9 Å². The fourth-order valence-electron chi connectivity index (χ4n) is 3.92. The normalized spacial score (nSPS) is 37.1. The Hall–Kier alpha value is -0.850. The van der Waals surface area contributed by atoms with Gasteiger partial charge in [-0.1, -0.05) is 6.92 Å². The third kappa shape index (κ3) is 3.67. The Bertz CT molecular complexity index is 363. The average molecular weight is 294 g/mol. The van der Waals surface area contributed by atoms with Crippen LogP contribution in [0.4, 0.5) is 0 Å². The zero-order chi connectivity index (χ0) is 14.7. The van der Waals surface area contributed by atoms with Crippen molar-refractivity contribution in [3.63, 3.8) is 0 Å². The number of likely N-dealkylation sites (N-methyl/N-ethyl adjacent to an activating group) is 1. The van der Waals surface area contributed by atoms with Crippen LogP contribution in [0.2, 0.25) is 0 Å². The molecule has 0 aromatic carbocycles. The summed E-state index contributed by atoms with van der Waals surface area (Å²) in [5, 5.41) is 3.33. The molecule has 0 aliphatic carbocycles. The highest BCUT2D eigenvalue weighted by molar-refractivity contribution is 5.77. The van der Waals surface area contributed by atoms with Gasteiger partial charge in [-0.05, 0) is 25.9 Å². The highest BCUT2D eigenvalue weighted by Crippen LogP contribution is 2.16. The van der Waals surface area contributed by atoms with E-state index < -0.39 is 0 Å². The minimum atomic E-state index is 0.562. The number of nitrogens with two attached hydrogens (primary N) is 1. The number of hydrogen-bond donors (Lipinski definition) is 2.